The molecular formula is C18H16N5S+. The third-order valence-corrected chi connectivity index (χ3v) is 4.87. The van der Waals surface area contributed by atoms with Gasteiger partial charge in [0.15, 0.2) is 5.21 Å². The van der Waals surface area contributed by atoms with E-state index in [1.165, 1.54) is 4.88 Å². The molecule has 0 aliphatic rings. The van der Waals surface area contributed by atoms with Crippen LogP contribution in [-0.4, -0.2) is 20.1 Å². The Morgan fingerprint density at radius 2 is 1.58 bits per heavy atom. The van der Waals surface area contributed by atoms with E-state index in [1.807, 2.05) is 72.3 Å². The van der Waals surface area contributed by atoms with Gasteiger partial charge in [0.1, 0.15) is 10.8 Å². The van der Waals surface area contributed by atoms with E-state index in [-0.39, 0.29) is 0 Å². The molecule has 118 valence electrons. The maximum absolute atomic E-state index is 4.63. The minimum absolute atomic E-state index is 0.785. The second-order valence-corrected chi connectivity index (χ2v) is 6.64. The molecule has 0 atom stereocenters. The van der Waals surface area contributed by atoms with E-state index < -0.39 is 0 Å². The molecule has 0 saturated carbocycles. The van der Waals surface area contributed by atoms with Gasteiger partial charge in [0, 0.05) is 9.67 Å². The smallest absolute Gasteiger partial charge is 0.220 e. The van der Waals surface area contributed by atoms with Crippen molar-refractivity contribution in [3.8, 4) is 22.2 Å². The molecule has 0 aliphatic carbocycles. The summed E-state index contributed by atoms with van der Waals surface area (Å²) in [6.07, 6.45) is 0. The molecule has 2 aromatic heterocycles. The van der Waals surface area contributed by atoms with Crippen molar-refractivity contribution in [2.75, 3.05) is 0 Å². The molecule has 2 aromatic carbocycles. The molecule has 2 heterocycles. The van der Waals surface area contributed by atoms with Crippen molar-refractivity contribution in [3.63, 3.8) is 0 Å². The normalized spacial score (nSPS) is 10.9. The first-order chi connectivity index (χ1) is 11.7. The largest absolute Gasteiger partial charge is 0.337 e. The van der Waals surface area contributed by atoms with Crippen molar-refractivity contribution in [3.05, 3.63) is 71.2 Å². The Hall–Kier alpha value is -2.86. The molecule has 0 saturated heterocycles. The molecule has 24 heavy (non-hydrogen) atoms. The highest BCUT2D eigenvalue weighted by atomic mass is 32.1. The van der Waals surface area contributed by atoms with Crippen LogP contribution < -0.4 is 4.68 Å². The molecule has 4 aromatic rings. The molecule has 5 nitrogen and oxygen atoms in total. The van der Waals surface area contributed by atoms with Gasteiger partial charge in [-0.3, -0.25) is 0 Å². The topological polar surface area (TPSA) is 47.5 Å². The molecule has 0 aliphatic heterocycles. The quantitative estimate of drug-likeness (QED) is 0.540. The zero-order valence-corrected chi connectivity index (χ0v) is 14.2. The Morgan fingerprint density at radius 1 is 0.917 bits per heavy atom. The van der Waals surface area contributed by atoms with Crippen LogP contribution in [-0.2, 0) is 0 Å². The molecule has 0 unspecified atom stereocenters. The van der Waals surface area contributed by atoms with Crippen LogP contribution in [0, 0.1) is 13.8 Å². The van der Waals surface area contributed by atoms with Crippen LogP contribution in [0.3, 0.4) is 0 Å². The van der Waals surface area contributed by atoms with Crippen LogP contribution in [0.5, 0.6) is 0 Å². The fraction of sp³-hybridized carbons (Fsp3) is 0.111. The number of tetrazole rings is 1. The van der Waals surface area contributed by atoms with Gasteiger partial charge in [-0.25, -0.2) is 4.98 Å². The predicted octanol–water partition coefficient (Wildman–Crippen LogP) is 3.28. The first-order valence-corrected chi connectivity index (χ1v) is 8.49. The summed E-state index contributed by atoms with van der Waals surface area (Å²) < 4.78 is 1.99. The summed E-state index contributed by atoms with van der Waals surface area (Å²) in [6, 6.07) is 20.2. The molecule has 6 heteroatoms. The van der Waals surface area contributed by atoms with Gasteiger partial charge in [0.2, 0.25) is 0 Å². The fourth-order valence-corrected chi connectivity index (χ4v) is 3.34. The maximum atomic E-state index is 4.63. The average Bonchev–Trinajstić information content (AvgIpc) is 3.20. The number of nitrogens with zero attached hydrogens (tertiary/aromatic N) is 5. The number of hydrogen-bond acceptors (Lipinski definition) is 4. The second-order valence-electron chi connectivity index (χ2n) is 5.45. The molecule has 0 spiro atoms. The van der Waals surface area contributed by atoms with Gasteiger partial charge in [-0.05, 0) is 38.1 Å². The Labute approximate surface area is 143 Å². The van der Waals surface area contributed by atoms with Crippen LogP contribution in [0.15, 0.2) is 60.7 Å². The molecule has 0 radical (unpaired) electrons. The minimum atomic E-state index is 0.785. The number of para-hydroxylation sites is 1. The van der Waals surface area contributed by atoms with Crippen LogP contribution in [0.2, 0.25) is 0 Å². The second kappa shape index (κ2) is 5.98. The maximum Gasteiger partial charge on any atom is 0.337 e. The van der Waals surface area contributed by atoms with Crippen molar-refractivity contribution in [1.82, 2.24) is 20.1 Å². The number of thiazole rings is 1. The molecule has 0 amide bonds. The zero-order chi connectivity index (χ0) is 16.5. The Morgan fingerprint density at radius 3 is 2.21 bits per heavy atom. The number of rotatable bonds is 3. The molecule has 0 fully saturated rings. The summed E-state index contributed by atoms with van der Waals surface area (Å²) in [4.78, 5) is 7.58. The highest BCUT2D eigenvalue weighted by Gasteiger charge is 2.26. The number of aryl methyl sites for hydroxylation is 2. The monoisotopic (exact) mass is 334 g/mol. The first-order valence-electron chi connectivity index (χ1n) is 7.67. The lowest BCUT2D eigenvalue weighted by Crippen LogP contribution is -2.42. The van der Waals surface area contributed by atoms with Gasteiger partial charge in [0.25, 0.3) is 5.13 Å². The van der Waals surface area contributed by atoms with Crippen molar-refractivity contribution in [2.45, 2.75) is 13.8 Å². The standard InChI is InChI=1S/C18H16N5S/c1-13-14(2)24-18(19-13)23-21-20-17(15-9-5-3-6-10-15)22(23)16-11-7-4-8-12-16/h3-12H,1-2H3/q+1. The van der Waals surface area contributed by atoms with E-state index in [0.29, 0.717) is 0 Å². The molecule has 0 bridgehead atoms. The van der Waals surface area contributed by atoms with Crippen molar-refractivity contribution in [1.29, 1.82) is 0 Å². The van der Waals surface area contributed by atoms with E-state index >= 15 is 0 Å². The third kappa shape index (κ3) is 2.51. The van der Waals surface area contributed by atoms with Crippen LogP contribution in [0.25, 0.3) is 22.2 Å². The SMILES string of the molecule is Cc1nc(-n2nnc(-c3ccccc3)[n+]2-c2ccccc2)sc1C. The predicted molar refractivity (Wildman–Crippen MR) is 93.5 cm³/mol. The highest BCUT2D eigenvalue weighted by molar-refractivity contribution is 7.14. The Balaban J connectivity index is 1.97. The summed E-state index contributed by atoms with van der Waals surface area (Å²) in [5.74, 6) is 0.785. The van der Waals surface area contributed by atoms with Crippen LogP contribution in [0.1, 0.15) is 10.6 Å². The molecule has 0 N–H and O–H groups in total. The highest BCUT2D eigenvalue weighted by Crippen LogP contribution is 2.20. The van der Waals surface area contributed by atoms with Gasteiger partial charge in [-0.2, -0.15) is 0 Å². The molecular weight excluding hydrogens is 318 g/mol. The van der Waals surface area contributed by atoms with E-state index in [0.717, 1.165) is 27.9 Å². The molecule has 4 rings (SSSR count). The van der Waals surface area contributed by atoms with Gasteiger partial charge in [-0.15, -0.1) is 4.68 Å². The summed E-state index contributed by atoms with van der Waals surface area (Å²) in [7, 11) is 0. The van der Waals surface area contributed by atoms with E-state index in [1.54, 1.807) is 16.1 Å². The summed E-state index contributed by atoms with van der Waals surface area (Å²) in [5, 5.41) is 9.60. The van der Waals surface area contributed by atoms with Crippen LogP contribution in [0.4, 0.5) is 0 Å². The van der Waals surface area contributed by atoms with E-state index in [2.05, 4.69) is 22.2 Å². The fourth-order valence-electron chi connectivity index (χ4n) is 2.49. The number of aromatic nitrogens is 5. The summed E-state index contributed by atoms with van der Waals surface area (Å²) >= 11 is 1.61. The lowest BCUT2D eigenvalue weighted by atomic mass is 10.2. The van der Waals surface area contributed by atoms with Gasteiger partial charge in [-0.1, -0.05) is 47.7 Å². The first kappa shape index (κ1) is 14.7. The Kier molecular flexibility index (Phi) is 3.66. The van der Waals surface area contributed by atoms with Crippen molar-refractivity contribution < 1.29 is 4.68 Å². The van der Waals surface area contributed by atoms with Crippen molar-refractivity contribution >= 4 is 11.3 Å². The summed E-state index contributed by atoms with van der Waals surface area (Å²) in [6.45, 7) is 4.08. The zero-order valence-electron chi connectivity index (χ0n) is 13.4. The average molecular weight is 334 g/mol. The van der Waals surface area contributed by atoms with Gasteiger partial charge in [0.05, 0.1) is 11.3 Å². The lowest BCUT2D eigenvalue weighted by Gasteiger charge is -2.02. The van der Waals surface area contributed by atoms with Crippen molar-refractivity contribution in [2.24, 2.45) is 0 Å². The summed E-state index contributed by atoms with van der Waals surface area (Å²) in [5.41, 5.74) is 3.02. The number of hydrogen-bond donors (Lipinski definition) is 0. The van der Waals surface area contributed by atoms with Gasteiger partial charge < -0.3 is 0 Å². The van der Waals surface area contributed by atoms with E-state index in [9.17, 15) is 0 Å². The lowest BCUT2D eigenvalue weighted by molar-refractivity contribution is -0.669. The van der Waals surface area contributed by atoms with E-state index in [4.69, 9.17) is 0 Å². The number of benzene rings is 2. The van der Waals surface area contributed by atoms with Gasteiger partial charge >= 0.3 is 5.82 Å². The van der Waals surface area contributed by atoms with Crippen LogP contribution >= 0.6 is 11.3 Å². The minimum Gasteiger partial charge on any atom is -0.220 e. The Bertz CT molecular complexity index is 954. The third-order valence-electron chi connectivity index (χ3n) is 3.84.